The summed E-state index contributed by atoms with van der Waals surface area (Å²) in [5.74, 6) is -2.70. The number of ketones is 1. The average molecular weight is 482 g/mol. The van der Waals surface area contributed by atoms with E-state index in [0.29, 0.717) is 17.0 Å². The summed E-state index contributed by atoms with van der Waals surface area (Å²) in [5, 5.41) is 3.04. The van der Waals surface area contributed by atoms with Gasteiger partial charge >= 0.3 is 18.3 Å². The topological polar surface area (TPSA) is 49.4 Å². The highest BCUT2D eigenvalue weighted by molar-refractivity contribution is 6.07. The van der Waals surface area contributed by atoms with Crippen LogP contribution in [0.15, 0.2) is 59.8 Å². The van der Waals surface area contributed by atoms with Gasteiger partial charge in [-0.25, -0.2) is 0 Å². The van der Waals surface area contributed by atoms with E-state index in [9.17, 15) is 35.9 Å². The standard InChI is InChI=1S/C24H20F6N2O2/c1-22(2)11-16-19(18(33)12-22)20(13-7-9-14(10-8-13)23(25,26)27)32(21(34)24(28,29)30)17-6-4-3-5-15(17)31-16/h3-10,20,31H,11-12H2,1-2H3. The van der Waals surface area contributed by atoms with Gasteiger partial charge in [0, 0.05) is 17.7 Å². The second kappa shape index (κ2) is 7.89. The first kappa shape index (κ1) is 23.8. The lowest BCUT2D eigenvalue weighted by Crippen LogP contribution is -2.45. The molecule has 0 aromatic heterocycles. The number of allylic oxidation sites excluding steroid dienone is 1. The Bertz CT molecular complexity index is 1180. The third-order valence-corrected chi connectivity index (χ3v) is 5.92. The van der Waals surface area contributed by atoms with Crippen molar-refractivity contribution in [3.8, 4) is 0 Å². The first-order chi connectivity index (χ1) is 15.7. The number of halogens is 6. The molecule has 2 aromatic carbocycles. The molecule has 0 bridgehead atoms. The van der Waals surface area contributed by atoms with Crippen LogP contribution in [-0.2, 0) is 15.8 Å². The fourth-order valence-corrected chi connectivity index (χ4v) is 4.52. The zero-order chi connectivity index (χ0) is 25.1. The molecule has 1 aliphatic carbocycles. The Morgan fingerprint density at radius 2 is 1.59 bits per heavy atom. The molecule has 0 spiro atoms. The molecular formula is C24H20F6N2O2. The number of nitrogens with one attached hydrogen (secondary N) is 1. The number of amides is 1. The average Bonchev–Trinajstić information content (AvgIpc) is 2.85. The summed E-state index contributed by atoms with van der Waals surface area (Å²) in [6, 6.07) is 7.71. The Balaban J connectivity index is 2.00. The molecular weight excluding hydrogens is 462 g/mol. The van der Waals surface area contributed by atoms with Crippen molar-refractivity contribution in [2.45, 2.75) is 45.1 Å². The first-order valence-electron chi connectivity index (χ1n) is 10.4. The van der Waals surface area contributed by atoms with Crippen molar-refractivity contribution in [2.24, 2.45) is 5.41 Å². The summed E-state index contributed by atoms with van der Waals surface area (Å²) in [5.41, 5.74) is -1.20. The molecule has 2 aromatic rings. The highest BCUT2D eigenvalue weighted by Crippen LogP contribution is 2.49. The van der Waals surface area contributed by atoms with Gasteiger partial charge in [-0.2, -0.15) is 26.3 Å². The van der Waals surface area contributed by atoms with Crippen molar-refractivity contribution in [1.82, 2.24) is 0 Å². The summed E-state index contributed by atoms with van der Waals surface area (Å²) in [7, 11) is 0. The van der Waals surface area contributed by atoms with Crippen LogP contribution in [0.25, 0.3) is 0 Å². The summed E-state index contributed by atoms with van der Waals surface area (Å²) in [6.45, 7) is 3.66. The number of carbonyl (C=O) groups is 2. The number of anilines is 2. The molecule has 4 rings (SSSR count). The number of hydrogen-bond acceptors (Lipinski definition) is 3. The van der Waals surface area contributed by atoms with E-state index < -0.39 is 41.1 Å². The molecule has 180 valence electrons. The van der Waals surface area contributed by atoms with Crippen LogP contribution >= 0.6 is 0 Å². The van der Waals surface area contributed by atoms with E-state index in [4.69, 9.17) is 0 Å². The molecule has 1 unspecified atom stereocenters. The maximum Gasteiger partial charge on any atom is 0.471 e. The second-order valence-corrected chi connectivity index (χ2v) is 9.17. The Labute approximate surface area is 191 Å². The predicted octanol–water partition coefficient (Wildman–Crippen LogP) is 6.41. The second-order valence-electron chi connectivity index (χ2n) is 9.17. The van der Waals surface area contributed by atoms with Crippen LogP contribution in [-0.4, -0.2) is 17.9 Å². The SMILES string of the molecule is CC1(C)CC(=O)C2=C(C1)Nc1ccccc1N(C(=O)C(F)(F)F)C2c1ccc(C(F)(F)F)cc1. The molecule has 0 radical (unpaired) electrons. The summed E-state index contributed by atoms with van der Waals surface area (Å²) in [6.07, 6.45) is -9.64. The molecule has 1 heterocycles. The third kappa shape index (κ3) is 4.28. The molecule has 10 heteroatoms. The first-order valence-corrected chi connectivity index (χ1v) is 10.4. The van der Waals surface area contributed by atoms with E-state index in [1.165, 1.54) is 18.2 Å². The van der Waals surface area contributed by atoms with Gasteiger partial charge in [0.05, 0.1) is 23.0 Å². The van der Waals surface area contributed by atoms with E-state index in [1.807, 2.05) is 13.8 Å². The van der Waals surface area contributed by atoms with E-state index in [2.05, 4.69) is 5.32 Å². The quantitative estimate of drug-likeness (QED) is 0.478. The molecule has 0 saturated heterocycles. The highest BCUT2D eigenvalue weighted by atomic mass is 19.4. The number of para-hydroxylation sites is 2. The van der Waals surface area contributed by atoms with Gasteiger partial charge in [-0.3, -0.25) is 14.5 Å². The minimum absolute atomic E-state index is 0.00897. The molecule has 0 fully saturated rings. The third-order valence-electron chi connectivity index (χ3n) is 5.92. The summed E-state index contributed by atoms with van der Waals surface area (Å²) >= 11 is 0. The zero-order valence-corrected chi connectivity index (χ0v) is 18.1. The van der Waals surface area contributed by atoms with Gasteiger partial charge in [-0.15, -0.1) is 0 Å². The van der Waals surface area contributed by atoms with Gasteiger partial charge < -0.3 is 5.32 Å². The fourth-order valence-electron chi connectivity index (χ4n) is 4.52. The van der Waals surface area contributed by atoms with Crippen LogP contribution in [0.2, 0.25) is 0 Å². The Morgan fingerprint density at radius 1 is 0.971 bits per heavy atom. The lowest BCUT2D eigenvalue weighted by atomic mass is 9.73. The summed E-state index contributed by atoms with van der Waals surface area (Å²) < 4.78 is 80.6. The molecule has 2 aliphatic rings. The highest BCUT2D eigenvalue weighted by Gasteiger charge is 2.50. The monoisotopic (exact) mass is 482 g/mol. The molecule has 4 nitrogen and oxygen atoms in total. The van der Waals surface area contributed by atoms with Crippen LogP contribution in [0.5, 0.6) is 0 Å². The van der Waals surface area contributed by atoms with E-state index in [0.717, 1.165) is 24.3 Å². The maximum atomic E-state index is 13.8. The molecule has 1 N–H and O–H groups in total. The van der Waals surface area contributed by atoms with Crippen molar-refractivity contribution in [2.75, 3.05) is 10.2 Å². The Kier molecular flexibility index (Phi) is 5.53. The van der Waals surface area contributed by atoms with Gasteiger partial charge in [0.25, 0.3) is 0 Å². The van der Waals surface area contributed by atoms with E-state index in [1.54, 1.807) is 6.07 Å². The van der Waals surface area contributed by atoms with Crippen LogP contribution in [0.3, 0.4) is 0 Å². The minimum atomic E-state index is -5.29. The normalized spacial score (nSPS) is 20.3. The lowest BCUT2D eigenvalue weighted by molar-refractivity contribution is -0.170. The molecule has 0 saturated carbocycles. The number of fused-ring (bicyclic) bond motifs is 1. The molecule has 1 amide bonds. The van der Waals surface area contributed by atoms with Crippen molar-refractivity contribution in [3.05, 3.63) is 70.9 Å². The molecule has 34 heavy (non-hydrogen) atoms. The van der Waals surface area contributed by atoms with Crippen molar-refractivity contribution in [1.29, 1.82) is 0 Å². The predicted molar refractivity (Wildman–Crippen MR) is 113 cm³/mol. The number of benzene rings is 2. The number of carbonyl (C=O) groups excluding carboxylic acids is 2. The van der Waals surface area contributed by atoms with Crippen molar-refractivity contribution in [3.63, 3.8) is 0 Å². The van der Waals surface area contributed by atoms with Crippen molar-refractivity contribution < 1.29 is 35.9 Å². The zero-order valence-electron chi connectivity index (χ0n) is 18.1. The number of rotatable bonds is 1. The van der Waals surface area contributed by atoms with Crippen molar-refractivity contribution >= 4 is 23.1 Å². The fraction of sp³-hybridized carbons (Fsp3) is 0.333. The Morgan fingerprint density at radius 3 is 2.18 bits per heavy atom. The number of hydrogen-bond donors (Lipinski definition) is 1. The Hall–Kier alpha value is -3.30. The van der Waals surface area contributed by atoms with Gasteiger partial charge in [0.2, 0.25) is 0 Å². The minimum Gasteiger partial charge on any atom is -0.357 e. The van der Waals surface area contributed by atoms with Crippen LogP contribution in [0, 0.1) is 5.41 Å². The van der Waals surface area contributed by atoms with Crippen LogP contribution < -0.4 is 10.2 Å². The lowest BCUT2D eigenvalue weighted by Gasteiger charge is -2.37. The summed E-state index contributed by atoms with van der Waals surface area (Å²) in [4.78, 5) is 26.5. The molecule has 1 atom stereocenters. The van der Waals surface area contributed by atoms with Gasteiger partial charge in [-0.05, 0) is 41.7 Å². The van der Waals surface area contributed by atoms with E-state index >= 15 is 0 Å². The number of alkyl halides is 6. The largest absolute Gasteiger partial charge is 0.471 e. The number of Topliss-reactive ketones (excluding diaryl/α,β-unsaturated/α-hetero) is 1. The molecule has 1 aliphatic heterocycles. The van der Waals surface area contributed by atoms with Gasteiger partial charge in [-0.1, -0.05) is 38.1 Å². The van der Waals surface area contributed by atoms with Gasteiger partial charge in [0.15, 0.2) is 5.78 Å². The number of nitrogens with zero attached hydrogens (tertiary/aromatic N) is 1. The van der Waals surface area contributed by atoms with Crippen LogP contribution in [0.4, 0.5) is 37.7 Å². The van der Waals surface area contributed by atoms with E-state index in [-0.39, 0.29) is 28.9 Å². The van der Waals surface area contributed by atoms with Gasteiger partial charge in [0.1, 0.15) is 0 Å². The smallest absolute Gasteiger partial charge is 0.357 e. The van der Waals surface area contributed by atoms with Crippen LogP contribution in [0.1, 0.15) is 43.9 Å². The maximum absolute atomic E-state index is 13.8.